The lowest BCUT2D eigenvalue weighted by atomic mass is 10.4. The second-order valence-corrected chi connectivity index (χ2v) is 4.15. The van der Waals surface area contributed by atoms with Gasteiger partial charge in [0.2, 0.25) is 0 Å². The third-order valence-electron chi connectivity index (χ3n) is 1.44. The average Bonchev–Trinajstić information content (AvgIpc) is 2.16. The Morgan fingerprint density at radius 2 is 1.85 bits per heavy atom. The highest BCUT2D eigenvalue weighted by atomic mass is 32.2. The maximum Gasteiger partial charge on any atom is 0.261 e. The van der Waals surface area contributed by atoms with E-state index in [0.717, 1.165) is 0 Å². The molecular formula is C9H11NO2S. The molecule has 0 atom stereocenters. The van der Waals surface area contributed by atoms with E-state index in [0.29, 0.717) is 0 Å². The predicted molar refractivity (Wildman–Crippen MR) is 51.6 cm³/mol. The molecule has 70 valence electrons. The van der Waals surface area contributed by atoms with E-state index < -0.39 is 10.0 Å². The third kappa shape index (κ3) is 2.59. The van der Waals surface area contributed by atoms with Gasteiger partial charge in [-0.25, -0.2) is 8.42 Å². The maximum atomic E-state index is 11.4. The lowest BCUT2D eigenvalue weighted by Gasteiger charge is -2.02. The van der Waals surface area contributed by atoms with Gasteiger partial charge in [-0.2, -0.15) is 0 Å². The molecule has 0 aliphatic carbocycles. The lowest BCUT2D eigenvalue weighted by Crippen LogP contribution is -2.17. The number of sulfonamides is 1. The van der Waals surface area contributed by atoms with E-state index in [2.05, 4.69) is 4.72 Å². The van der Waals surface area contributed by atoms with Crippen LogP contribution in [0.3, 0.4) is 0 Å². The van der Waals surface area contributed by atoms with Gasteiger partial charge in [-0.15, -0.1) is 0 Å². The van der Waals surface area contributed by atoms with Crippen molar-refractivity contribution in [1.29, 1.82) is 0 Å². The number of allylic oxidation sites excluding steroid dienone is 1. The summed E-state index contributed by atoms with van der Waals surface area (Å²) in [7, 11) is -3.36. The molecule has 3 nitrogen and oxygen atoms in total. The summed E-state index contributed by atoms with van der Waals surface area (Å²) in [5, 5.41) is 0. The summed E-state index contributed by atoms with van der Waals surface area (Å²) in [4.78, 5) is 0.271. The average molecular weight is 197 g/mol. The van der Waals surface area contributed by atoms with E-state index in [1.807, 2.05) is 0 Å². The number of hydrogen-bond donors (Lipinski definition) is 1. The number of benzene rings is 1. The van der Waals surface area contributed by atoms with Crippen LogP contribution in [-0.4, -0.2) is 8.42 Å². The summed E-state index contributed by atoms with van der Waals surface area (Å²) in [5.41, 5.74) is 0. The maximum absolute atomic E-state index is 11.4. The Labute approximate surface area is 78.1 Å². The van der Waals surface area contributed by atoms with Crippen molar-refractivity contribution in [1.82, 2.24) is 4.72 Å². The lowest BCUT2D eigenvalue weighted by molar-refractivity contribution is 0.590. The highest BCUT2D eigenvalue weighted by Crippen LogP contribution is 2.06. The first-order valence-electron chi connectivity index (χ1n) is 3.85. The molecule has 0 amide bonds. The van der Waals surface area contributed by atoms with Crippen LogP contribution < -0.4 is 4.72 Å². The molecule has 0 aromatic heterocycles. The van der Waals surface area contributed by atoms with Crippen LogP contribution in [-0.2, 0) is 10.0 Å². The molecule has 0 heterocycles. The molecular weight excluding hydrogens is 186 g/mol. The van der Waals surface area contributed by atoms with Crippen LogP contribution >= 0.6 is 0 Å². The van der Waals surface area contributed by atoms with Gasteiger partial charge in [0.05, 0.1) is 4.90 Å². The number of nitrogens with one attached hydrogen (secondary N) is 1. The molecule has 0 spiro atoms. The monoisotopic (exact) mass is 197 g/mol. The van der Waals surface area contributed by atoms with E-state index in [1.54, 1.807) is 43.3 Å². The Kier molecular flexibility index (Phi) is 3.08. The fourth-order valence-electron chi connectivity index (χ4n) is 0.825. The van der Waals surface area contributed by atoms with Crippen molar-refractivity contribution in [3.05, 3.63) is 42.6 Å². The highest BCUT2D eigenvalue weighted by Gasteiger charge is 2.09. The molecule has 0 radical (unpaired) electrons. The van der Waals surface area contributed by atoms with Crippen LogP contribution in [0.15, 0.2) is 47.5 Å². The molecule has 1 aromatic carbocycles. The summed E-state index contributed by atoms with van der Waals surface area (Å²) in [6.45, 7) is 1.74. The van der Waals surface area contributed by atoms with Crippen molar-refractivity contribution >= 4 is 10.0 Å². The Balaban J connectivity index is 2.95. The van der Waals surface area contributed by atoms with Crippen LogP contribution in [0.1, 0.15) is 6.92 Å². The molecule has 0 aliphatic heterocycles. The second-order valence-electron chi connectivity index (χ2n) is 2.43. The van der Waals surface area contributed by atoms with Gasteiger partial charge < -0.3 is 0 Å². The fraction of sp³-hybridized carbons (Fsp3) is 0.111. The Hall–Kier alpha value is -1.29. The SMILES string of the molecule is C/C=C\NS(=O)(=O)c1ccccc1. The van der Waals surface area contributed by atoms with Gasteiger partial charge in [0.25, 0.3) is 10.0 Å². The number of rotatable bonds is 3. The van der Waals surface area contributed by atoms with E-state index in [1.165, 1.54) is 6.20 Å². The topological polar surface area (TPSA) is 46.2 Å². The molecule has 1 aromatic rings. The summed E-state index contributed by atoms with van der Waals surface area (Å²) in [6.07, 6.45) is 3.02. The molecule has 13 heavy (non-hydrogen) atoms. The molecule has 1 N–H and O–H groups in total. The molecule has 0 unspecified atom stereocenters. The van der Waals surface area contributed by atoms with Crippen LogP contribution in [0.5, 0.6) is 0 Å². The number of hydrogen-bond acceptors (Lipinski definition) is 2. The summed E-state index contributed by atoms with van der Waals surface area (Å²) in [5.74, 6) is 0. The summed E-state index contributed by atoms with van der Waals surface area (Å²) in [6, 6.07) is 8.24. The normalized spacial score (nSPS) is 11.8. The largest absolute Gasteiger partial charge is 0.287 e. The quantitative estimate of drug-likeness (QED) is 0.798. The van der Waals surface area contributed by atoms with Gasteiger partial charge in [-0.05, 0) is 19.1 Å². The molecule has 1 rings (SSSR count). The van der Waals surface area contributed by atoms with Gasteiger partial charge in [0.15, 0.2) is 0 Å². The zero-order valence-corrected chi connectivity index (χ0v) is 8.08. The molecule has 0 saturated carbocycles. The molecule has 4 heteroatoms. The van der Waals surface area contributed by atoms with Crippen molar-refractivity contribution in [3.63, 3.8) is 0 Å². The smallest absolute Gasteiger partial charge is 0.261 e. The van der Waals surface area contributed by atoms with Crippen molar-refractivity contribution in [3.8, 4) is 0 Å². The Morgan fingerprint density at radius 1 is 1.23 bits per heavy atom. The second kappa shape index (κ2) is 4.09. The van der Waals surface area contributed by atoms with Crippen LogP contribution in [0.25, 0.3) is 0 Å². The molecule has 0 aliphatic rings. The van der Waals surface area contributed by atoms with Crippen LogP contribution in [0.4, 0.5) is 0 Å². The van der Waals surface area contributed by atoms with E-state index in [4.69, 9.17) is 0 Å². The molecule has 0 fully saturated rings. The van der Waals surface area contributed by atoms with Crippen molar-refractivity contribution in [2.45, 2.75) is 11.8 Å². The standard InChI is InChI=1S/C9H11NO2S/c1-2-8-10-13(11,12)9-6-4-3-5-7-9/h2-8,10H,1H3/b8-2-. The van der Waals surface area contributed by atoms with E-state index in [-0.39, 0.29) is 4.90 Å². The molecule has 0 saturated heterocycles. The summed E-state index contributed by atoms with van der Waals surface area (Å²) >= 11 is 0. The minimum atomic E-state index is -3.36. The van der Waals surface area contributed by atoms with E-state index in [9.17, 15) is 8.42 Å². The van der Waals surface area contributed by atoms with Crippen molar-refractivity contribution in [2.75, 3.05) is 0 Å². The fourth-order valence-corrected chi connectivity index (χ4v) is 1.79. The van der Waals surface area contributed by atoms with Gasteiger partial charge in [-0.3, -0.25) is 4.72 Å². The van der Waals surface area contributed by atoms with E-state index >= 15 is 0 Å². The van der Waals surface area contributed by atoms with Gasteiger partial charge >= 0.3 is 0 Å². The third-order valence-corrected chi connectivity index (χ3v) is 2.78. The Morgan fingerprint density at radius 3 is 2.38 bits per heavy atom. The first kappa shape index (κ1) is 9.80. The minimum Gasteiger partial charge on any atom is -0.287 e. The first-order chi connectivity index (χ1) is 6.17. The minimum absolute atomic E-state index is 0.271. The zero-order chi connectivity index (χ0) is 9.73. The first-order valence-corrected chi connectivity index (χ1v) is 5.33. The zero-order valence-electron chi connectivity index (χ0n) is 7.27. The van der Waals surface area contributed by atoms with Crippen LogP contribution in [0.2, 0.25) is 0 Å². The predicted octanol–water partition coefficient (Wildman–Crippen LogP) is 1.50. The van der Waals surface area contributed by atoms with Crippen molar-refractivity contribution < 1.29 is 8.42 Å². The van der Waals surface area contributed by atoms with Crippen LogP contribution in [0, 0.1) is 0 Å². The van der Waals surface area contributed by atoms with Gasteiger partial charge in [0.1, 0.15) is 0 Å². The summed E-state index contributed by atoms with van der Waals surface area (Å²) < 4.78 is 25.2. The van der Waals surface area contributed by atoms with Crippen molar-refractivity contribution in [2.24, 2.45) is 0 Å². The molecule has 0 bridgehead atoms. The van der Waals surface area contributed by atoms with Gasteiger partial charge in [-0.1, -0.05) is 24.3 Å². The van der Waals surface area contributed by atoms with Gasteiger partial charge in [0, 0.05) is 6.20 Å². The highest BCUT2D eigenvalue weighted by molar-refractivity contribution is 7.89. The Bertz CT molecular complexity index is 381.